The number of carbonyl (C=O) groups excluding carboxylic acids is 1. The molecule has 0 aromatic carbocycles. The minimum absolute atomic E-state index is 0.190. The van der Waals surface area contributed by atoms with Gasteiger partial charge in [-0.3, -0.25) is 0 Å². The standard InChI is InChI=1S/C13H13ClN2O5S/c1-16(2)22(18,19)12-6-4-10(21-12)8-20-13(17)9-3-5-11(14)15-7-9/h3-7H,8H2,1-2H3. The second-order valence-corrected chi connectivity index (χ2v) is 6.92. The quantitative estimate of drug-likeness (QED) is 0.608. The molecule has 22 heavy (non-hydrogen) atoms. The Kier molecular flexibility index (Phi) is 4.84. The topological polar surface area (TPSA) is 89.7 Å². The van der Waals surface area contributed by atoms with Crippen LogP contribution < -0.4 is 0 Å². The number of esters is 1. The van der Waals surface area contributed by atoms with Crippen LogP contribution in [0.2, 0.25) is 5.15 Å². The van der Waals surface area contributed by atoms with Crippen molar-refractivity contribution >= 4 is 27.6 Å². The Morgan fingerprint density at radius 2 is 2.05 bits per heavy atom. The molecule has 0 bridgehead atoms. The summed E-state index contributed by atoms with van der Waals surface area (Å²) in [6.07, 6.45) is 1.29. The summed E-state index contributed by atoms with van der Waals surface area (Å²) in [5, 5.41) is 0.0535. The van der Waals surface area contributed by atoms with Crippen LogP contribution in [-0.2, 0) is 21.4 Å². The molecule has 0 saturated carbocycles. The number of halogens is 1. The number of ether oxygens (including phenoxy) is 1. The number of pyridine rings is 1. The first-order valence-corrected chi connectivity index (χ1v) is 7.92. The Morgan fingerprint density at radius 3 is 2.64 bits per heavy atom. The summed E-state index contributed by atoms with van der Waals surface area (Å²) in [5.74, 6) is -0.395. The summed E-state index contributed by atoms with van der Waals surface area (Å²) in [6.45, 7) is -0.190. The largest absolute Gasteiger partial charge is 0.454 e. The van der Waals surface area contributed by atoms with Crippen LogP contribution in [0.15, 0.2) is 40.0 Å². The van der Waals surface area contributed by atoms with E-state index in [4.69, 9.17) is 20.8 Å². The molecule has 0 fully saturated rings. The summed E-state index contributed by atoms with van der Waals surface area (Å²) in [4.78, 5) is 15.5. The van der Waals surface area contributed by atoms with Gasteiger partial charge in [0.1, 0.15) is 17.5 Å². The van der Waals surface area contributed by atoms with Crippen molar-refractivity contribution in [1.82, 2.24) is 9.29 Å². The molecule has 2 aromatic heterocycles. The number of hydrogen-bond donors (Lipinski definition) is 0. The van der Waals surface area contributed by atoms with Crippen LogP contribution >= 0.6 is 11.6 Å². The zero-order valence-corrected chi connectivity index (χ0v) is 13.4. The summed E-state index contributed by atoms with van der Waals surface area (Å²) in [7, 11) is -0.862. The van der Waals surface area contributed by atoms with E-state index in [1.165, 1.54) is 44.6 Å². The lowest BCUT2D eigenvalue weighted by Gasteiger charge is -2.07. The van der Waals surface area contributed by atoms with Gasteiger partial charge < -0.3 is 9.15 Å². The number of aromatic nitrogens is 1. The fourth-order valence-corrected chi connectivity index (χ4v) is 2.40. The summed E-state index contributed by atoms with van der Waals surface area (Å²) >= 11 is 5.62. The molecule has 0 aliphatic heterocycles. The van der Waals surface area contributed by atoms with Crippen molar-refractivity contribution < 1.29 is 22.4 Å². The lowest BCUT2D eigenvalue weighted by atomic mass is 10.3. The van der Waals surface area contributed by atoms with Crippen molar-refractivity contribution in [3.8, 4) is 0 Å². The average Bonchev–Trinajstić information content (AvgIpc) is 2.95. The van der Waals surface area contributed by atoms with Crippen molar-refractivity contribution in [3.63, 3.8) is 0 Å². The van der Waals surface area contributed by atoms with Gasteiger partial charge in [-0.1, -0.05) is 11.6 Å². The monoisotopic (exact) mass is 344 g/mol. The highest BCUT2D eigenvalue weighted by atomic mass is 35.5. The van der Waals surface area contributed by atoms with Gasteiger partial charge in [0.2, 0.25) is 5.09 Å². The highest BCUT2D eigenvalue weighted by molar-refractivity contribution is 7.88. The molecular weight excluding hydrogens is 332 g/mol. The maximum absolute atomic E-state index is 11.8. The summed E-state index contributed by atoms with van der Waals surface area (Å²) in [5.41, 5.74) is 0.233. The minimum Gasteiger partial charge on any atom is -0.454 e. The Morgan fingerprint density at radius 1 is 1.32 bits per heavy atom. The van der Waals surface area contributed by atoms with E-state index in [1.807, 2.05) is 0 Å². The number of rotatable bonds is 5. The maximum atomic E-state index is 11.8. The lowest BCUT2D eigenvalue weighted by molar-refractivity contribution is 0.0440. The zero-order chi connectivity index (χ0) is 16.3. The zero-order valence-electron chi connectivity index (χ0n) is 11.8. The SMILES string of the molecule is CN(C)S(=O)(=O)c1ccc(COC(=O)c2ccc(Cl)nc2)o1. The molecule has 7 nitrogen and oxygen atoms in total. The molecule has 0 unspecified atom stereocenters. The number of nitrogens with zero attached hydrogens (tertiary/aromatic N) is 2. The van der Waals surface area contributed by atoms with Gasteiger partial charge in [0.05, 0.1) is 5.56 Å². The van der Waals surface area contributed by atoms with Crippen LogP contribution in [-0.4, -0.2) is 37.8 Å². The molecule has 2 heterocycles. The van der Waals surface area contributed by atoms with Crippen molar-refractivity contribution in [2.75, 3.05) is 14.1 Å². The molecule has 118 valence electrons. The molecular formula is C13H13ClN2O5S. The number of furan rings is 1. The molecule has 2 aromatic rings. The van der Waals surface area contributed by atoms with Gasteiger partial charge in [-0.05, 0) is 24.3 Å². The second-order valence-electron chi connectivity index (χ2n) is 4.45. The fraction of sp³-hybridized carbons (Fsp3) is 0.231. The normalized spacial score (nSPS) is 11.6. The molecule has 0 saturated heterocycles. The van der Waals surface area contributed by atoms with Crippen molar-refractivity contribution in [3.05, 3.63) is 46.9 Å². The van der Waals surface area contributed by atoms with Gasteiger partial charge in [0.25, 0.3) is 10.0 Å². The molecule has 0 radical (unpaired) electrons. The van der Waals surface area contributed by atoms with Crippen LogP contribution in [0.5, 0.6) is 0 Å². The molecule has 0 aliphatic rings. The molecule has 2 rings (SSSR count). The van der Waals surface area contributed by atoms with E-state index >= 15 is 0 Å². The minimum atomic E-state index is -3.65. The van der Waals surface area contributed by atoms with E-state index in [1.54, 1.807) is 0 Å². The maximum Gasteiger partial charge on any atom is 0.340 e. The van der Waals surface area contributed by atoms with E-state index in [0.717, 1.165) is 4.31 Å². The fourth-order valence-electron chi connectivity index (χ4n) is 1.47. The lowest BCUT2D eigenvalue weighted by Crippen LogP contribution is -2.21. The highest BCUT2D eigenvalue weighted by Crippen LogP contribution is 2.18. The summed E-state index contributed by atoms with van der Waals surface area (Å²) in [6, 6.07) is 5.68. The molecule has 0 aliphatic carbocycles. The van der Waals surface area contributed by atoms with E-state index < -0.39 is 16.0 Å². The third-order valence-electron chi connectivity index (χ3n) is 2.68. The third kappa shape index (κ3) is 3.65. The Hall–Kier alpha value is -1.90. The molecule has 0 spiro atoms. The molecule has 9 heteroatoms. The van der Waals surface area contributed by atoms with Crippen LogP contribution in [0.3, 0.4) is 0 Å². The summed E-state index contributed by atoms with van der Waals surface area (Å²) < 4.78 is 34.9. The van der Waals surface area contributed by atoms with Gasteiger partial charge in [0.15, 0.2) is 0 Å². The van der Waals surface area contributed by atoms with Crippen LogP contribution in [0.1, 0.15) is 16.1 Å². The van der Waals surface area contributed by atoms with Gasteiger partial charge in [0, 0.05) is 20.3 Å². The van der Waals surface area contributed by atoms with E-state index in [9.17, 15) is 13.2 Å². The van der Waals surface area contributed by atoms with Gasteiger partial charge in [-0.2, -0.15) is 0 Å². The van der Waals surface area contributed by atoms with Crippen molar-refractivity contribution in [2.24, 2.45) is 0 Å². The Labute approximate surface area is 132 Å². The van der Waals surface area contributed by atoms with E-state index in [-0.39, 0.29) is 28.2 Å². The van der Waals surface area contributed by atoms with Crippen molar-refractivity contribution in [2.45, 2.75) is 11.7 Å². The first-order valence-electron chi connectivity index (χ1n) is 6.10. The van der Waals surface area contributed by atoms with Crippen LogP contribution in [0, 0.1) is 0 Å². The van der Waals surface area contributed by atoms with E-state index in [2.05, 4.69) is 4.98 Å². The van der Waals surface area contributed by atoms with Gasteiger partial charge in [-0.25, -0.2) is 22.5 Å². The van der Waals surface area contributed by atoms with Crippen LogP contribution in [0.25, 0.3) is 0 Å². The molecule has 0 amide bonds. The van der Waals surface area contributed by atoms with Crippen molar-refractivity contribution in [1.29, 1.82) is 0 Å². The Balaban J connectivity index is 2.02. The predicted octanol–water partition coefficient (Wildman–Crippen LogP) is 1.94. The van der Waals surface area contributed by atoms with Gasteiger partial charge >= 0.3 is 5.97 Å². The molecule has 0 atom stereocenters. The number of hydrogen-bond acceptors (Lipinski definition) is 6. The highest BCUT2D eigenvalue weighted by Gasteiger charge is 2.21. The average molecular weight is 345 g/mol. The predicted molar refractivity (Wildman–Crippen MR) is 77.9 cm³/mol. The van der Waals surface area contributed by atoms with E-state index in [0.29, 0.717) is 0 Å². The Bertz CT molecular complexity index is 768. The van der Waals surface area contributed by atoms with Crippen LogP contribution in [0.4, 0.5) is 0 Å². The second kappa shape index (κ2) is 6.47. The number of carbonyl (C=O) groups is 1. The first kappa shape index (κ1) is 16.5. The third-order valence-corrected chi connectivity index (χ3v) is 4.59. The van der Waals surface area contributed by atoms with Gasteiger partial charge in [-0.15, -0.1) is 0 Å². The smallest absolute Gasteiger partial charge is 0.340 e. The first-order chi connectivity index (χ1) is 10.3. The molecule has 0 N–H and O–H groups in total. The number of sulfonamides is 1.